The van der Waals surface area contributed by atoms with E-state index < -0.39 is 12.0 Å². The molecule has 0 spiro atoms. The van der Waals surface area contributed by atoms with Crippen molar-refractivity contribution in [2.45, 2.75) is 44.8 Å². The maximum absolute atomic E-state index is 13.2. The van der Waals surface area contributed by atoms with Crippen LogP contribution in [0.15, 0.2) is 79.9 Å². The highest BCUT2D eigenvalue weighted by Gasteiger charge is 2.24. The van der Waals surface area contributed by atoms with Crippen LogP contribution >= 0.6 is 0 Å². The van der Waals surface area contributed by atoms with Crippen LogP contribution in [-0.2, 0) is 36.9 Å². The third-order valence-corrected chi connectivity index (χ3v) is 6.06. The molecule has 9 heteroatoms. The van der Waals surface area contributed by atoms with Gasteiger partial charge in [-0.2, -0.15) is 0 Å². The van der Waals surface area contributed by atoms with Crippen molar-refractivity contribution in [2.24, 2.45) is 5.92 Å². The monoisotopic (exact) mass is 566 g/mol. The minimum absolute atomic E-state index is 0.0107. The van der Waals surface area contributed by atoms with Gasteiger partial charge in [-0.05, 0) is 42.5 Å². The first-order valence-corrected chi connectivity index (χ1v) is 13.8. The van der Waals surface area contributed by atoms with Crippen molar-refractivity contribution in [3.8, 4) is 5.75 Å². The van der Waals surface area contributed by atoms with Crippen LogP contribution in [0, 0.1) is 5.92 Å². The predicted molar refractivity (Wildman–Crippen MR) is 157 cm³/mol. The van der Waals surface area contributed by atoms with Crippen molar-refractivity contribution < 1.29 is 33.7 Å². The molecule has 2 aromatic carbocycles. The Morgan fingerprint density at radius 2 is 1.71 bits per heavy atom. The molecular weight excluding hydrogens is 524 g/mol. The van der Waals surface area contributed by atoms with E-state index in [2.05, 4.69) is 23.8 Å². The molecule has 0 unspecified atom stereocenters. The number of amides is 2. The van der Waals surface area contributed by atoms with Crippen molar-refractivity contribution >= 4 is 17.8 Å². The van der Waals surface area contributed by atoms with Crippen molar-refractivity contribution in [1.29, 1.82) is 0 Å². The Morgan fingerprint density at radius 3 is 2.39 bits per heavy atom. The van der Waals surface area contributed by atoms with E-state index in [-0.39, 0.29) is 63.6 Å². The second kappa shape index (κ2) is 20.0. The molecule has 0 aromatic heterocycles. The molecule has 0 heterocycles. The normalized spacial score (nSPS) is 12.0. The maximum Gasteiger partial charge on any atom is 0.306 e. The Labute approximate surface area is 242 Å². The zero-order chi connectivity index (χ0) is 29.7. The van der Waals surface area contributed by atoms with E-state index in [0.717, 1.165) is 11.1 Å². The molecule has 9 nitrogen and oxygen atoms in total. The standard InChI is InChI=1S/C32H42N2O7/c1-3-5-12-31(37)41-24-28(21-25-13-15-29(16-14-25)40-23-26-10-7-6-8-11-26)34-32(38)27(9-4-2)22-30(36)33-17-19-39-20-18-35/h3-4,6-8,10-11,13-16,27-28,35H,1-2,5,9,12,17-24H2,(H,33,36)(H,34,38)/t27-,28+/m1/s1. The third kappa shape index (κ3) is 14.3. The molecule has 0 bridgehead atoms. The smallest absolute Gasteiger partial charge is 0.306 e. The molecule has 0 fully saturated rings. The number of hydrogen-bond donors (Lipinski definition) is 3. The second-order valence-electron chi connectivity index (χ2n) is 9.45. The quantitative estimate of drug-likeness (QED) is 0.120. The maximum atomic E-state index is 13.2. The lowest BCUT2D eigenvalue weighted by Gasteiger charge is -2.22. The molecule has 0 aliphatic rings. The van der Waals surface area contributed by atoms with Crippen molar-refractivity contribution in [3.63, 3.8) is 0 Å². The summed E-state index contributed by atoms with van der Waals surface area (Å²) in [5.41, 5.74) is 1.99. The number of carbonyl (C=O) groups is 3. The summed E-state index contributed by atoms with van der Waals surface area (Å²) in [6, 6.07) is 16.9. The number of benzene rings is 2. The molecule has 0 saturated carbocycles. The summed E-state index contributed by atoms with van der Waals surface area (Å²) in [7, 11) is 0. The van der Waals surface area contributed by atoms with E-state index in [1.54, 1.807) is 12.2 Å². The summed E-state index contributed by atoms with van der Waals surface area (Å²) in [4.78, 5) is 37.8. The second-order valence-corrected chi connectivity index (χ2v) is 9.45. The topological polar surface area (TPSA) is 123 Å². The molecular formula is C32H42N2O7. The number of rotatable bonds is 21. The zero-order valence-electron chi connectivity index (χ0n) is 23.6. The van der Waals surface area contributed by atoms with Gasteiger partial charge in [0.15, 0.2) is 0 Å². The summed E-state index contributed by atoms with van der Waals surface area (Å²) in [6.07, 6.45) is 4.64. The van der Waals surface area contributed by atoms with Gasteiger partial charge in [0.25, 0.3) is 0 Å². The zero-order valence-corrected chi connectivity index (χ0v) is 23.6. The van der Waals surface area contributed by atoms with E-state index >= 15 is 0 Å². The molecule has 2 aromatic rings. The van der Waals surface area contributed by atoms with Crippen LogP contribution in [0.5, 0.6) is 5.75 Å². The average Bonchev–Trinajstić information content (AvgIpc) is 2.98. The van der Waals surface area contributed by atoms with Crippen LogP contribution in [0.2, 0.25) is 0 Å². The molecule has 41 heavy (non-hydrogen) atoms. The van der Waals surface area contributed by atoms with Gasteiger partial charge in [-0.25, -0.2) is 0 Å². The van der Waals surface area contributed by atoms with Gasteiger partial charge in [0.05, 0.1) is 31.8 Å². The fourth-order valence-corrected chi connectivity index (χ4v) is 3.91. The average molecular weight is 567 g/mol. The summed E-state index contributed by atoms with van der Waals surface area (Å²) < 4.78 is 16.4. The third-order valence-electron chi connectivity index (χ3n) is 6.06. The number of aliphatic hydroxyl groups is 1. The van der Waals surface area contributed by atoms with Crippen LogP contribution in [0.3, 0.4) is 0 Å². The Hall–Kier alpha value is -3.95. The van der Waals surface area contributed by atoms with Crippen LogP contribution in [0.1, 0.15) is 36.8 Å². The van der Waals surface area contributed by atoms with Gasteiger partial charge in [0.2, 0.25) is 11.8 Å². The number of ether oxygens (including phenoxy) is 3. The largest absolute Gasteiger partial charge is 0.489 e. The molecule has 0 aliphatic carbocycles. The van der Waals surface area contributed by atoms with E-state index in [1.807, 2.05) is 54.6 Å². The summed E-state index contributed by atoms with van der Waals surface area (Å²) in [5.74, 6) is -0.921. The summed E-state index contributed by atoms with van der Waals surface area (Å²) in [5, 5.41) is 14.4. The van der Waals surface area contributed by atoms with Gasteiger partial charge >= 0.3 is 5.97 Å². The molecule has 3 N–H and O–H groups in total. The Morgan fingerprint density at radius 1 is 0.951 bits per heavy atom. The fourth-order valence-electron chi connectivity index (χ4n) is 3.91. The molecule has 0 aliphatic heterocycles. The lowest BCUT2D eigenvalue weighted by Crippen LogP contribution is -2.44. The lowest BCUT2D eigenvalue weighted by molar-refractivity contribution is -0.145. The summed E-state index contributed by atoms with van der Waals surface area (Å²) in [6.45, 7) is 8.42. The minimum Gasteiger partial charge on any atom is -0.489 e. The Kier molecular flexibility index (Phi) is 16.2. The highest BCUT2D eigenvalue weighted by Crippen LogP contribution is 2.17. The van der Waals surface area contributed by atoms with Gasteiger partial charge in [0.1, 0.15) is 19.0 Å². The van der Waals surface area contributed by atoms with E-state index in [1.165, 1.54) is 0 Å². The van der Waals surface area contributed by atoms with E-state index in [9.17, 15) is 14.4 Å². The highest BCUT2D eigenvalue weighted by atomic mass is 16.5. The fraction of sp³-hybridized carbons (Fsp3) is 0.406. The molecule has 0 radical (unpaired) electrons. The van der Waals surface area contributed by atoms with Crippen LogP contribution in [0.4, 0.5) is 0 Å². The first kappa shape index (κ1) is 33.3. The minimum atomic E-state index is -0.640. The Balaban J connectivity index is 2.00. The van der Waals surface area contributed by atoms with Crippen molar-refractivity contribution in [1.82, 2.24) is 10.6 Å². The number of aliphatic hydroxyl groups excluding tert-OH is 1. The SMILES string of the molecule is C=CCCC(=O)OC[C@H](Cc1ccc(OCc2ccccc2)cc1)NC(=O)[C@H](CC=C)CC(=O)NCCOCCO. The molecule has 2 rings (SSSR count). The number of esters is 1. The van der Waals surface area contributed by atoms with Gasteiger partial charge < -0.3 is 30.0 Å². The Bertz CT molecular complexity index is 1070. The molecule has 0 saturated heterocycles. The van der Waals surface area contributed by atoms with Gasteiger partial charge in [-0.1, -0.05) is 54.6 Å². The van der Waals surface area contributed by atoms with Crippen molar-refractivity contribution in [2.75, 3.05) is 33.0 Å². The number of hydrogen-bond acceptors (Lipinski definition) is 7. The van der Waals surface area contributed by atoms with Gasteiger partial charge in [-0.15, -0.1) is 13.2 Å². The predicted octanol–water partition coefficient (Wildman–Crippen LogP) is 3.51. The first-order chi connectivity index (χ1) is 19.9. The highest BCUT2D eigenvalue weighted by molar-refractivity contribution is 5.86. The van der Waals surface area contributed by atoms with Gasteiger partial charge in [-0.3, -0.25) is 14.4 Å². The van der Waals surface area contributed by atoms with Crippen molar-refractivity contribution in [3.05, 3.63) is 91.0 Å². The van der Waals surface area contributed by atoms with Crippen LogP contribution in [-0.4, -0.2) is 61.9 Å². The first-order valence-electron chi connectivity index (χ1n) is 13.8. The number of allylic oxidation sites excluding steroid dienone is 2. The van der Waals surface area contributed by atoms with Gasteiger partial charge in [0, 0.05) is 19.4 Å². The molecule has 2 amide bonds. The number of nitrogens with one attached hydrogen (secondary N) is 2. The van der Waals surface area contributed by atoms with E-state index in [4.69, 9.17) is 19.3 Å². The van der Waals surface area contributed by atoms with Crippen LogP contribution in [0.25, 0.3) is 0 Å². The lowest BCUT2D eigenvalue weighted by atomic mass is 9.98. The summed E-state index contributed by atoms with van der Waals surface area (Å²) >= 11 is 0. The van der Waals surface area contributed by atoms with E-state index in [0.29, 0.717) is 31.6 Å². The molecule has 2 atom stereocenters. The van der Waals surface area contributed by atoms with Crippen LogP contribution < -0.4 is 15.4 Å². The number of carbonyl (C=O) groups excluding carboxylic acids is 3. The molecule has 222 valence electrons.